The van der Waals surface area contributed by atoms with Crippen molar-refractivity contribution in [2.24, 2.45) is 27.9 Å². The van der Waals surface area contributed by atoms with Crippen molar-refractivity contribution >= 4 is 29.6 Å². The molecule has 2 rings (SSSR count). The molecule has 4 atom stereocenters. The number of halogens is 1. The van der Waals surface area contributed by atoms with Gasteiger partial charge in [0.1, 0.15) is 29.7 Å². The Labute approximate surface area is 241 Å². The van der Waals surface area contributed by atoms with Gasteiger partial charge in [-0.3, -0.25) is 24.2 Å². The predicted molar refractivity (Wildman–Crippen MR) is 152 cm³/mol. The third kappa shape index (κ3) is 11.4. The van der Waals surface area contributed by atoms with Gasteiger partial charge in [-0.15, -0.1) is 0 Å². The van der Waals surface area contributed by atoms with Gasteiger partial charge in [0.25, 0.3) is 0 Å². The summed E-state index contributed by atoms with van der Waals surface area (Å²) in [5.74, 6) is -3.88. The zero-order chi connectivity index (χ0) is 31.2. The Balaban J connectivity index is 2.27. The average Bonchev–Trinajstić information content (AvgIpc) is 2.94. The largest absolute Gasteiger partial charge is 0.508 e. The first-order valence-electron chi connectivity index (χ1n) is 13.0. The van der Waals surface area contributed by atoms with E-state index in [2.05, 4.69) is 20.9 Å². The van der Waals surface area contributed by atoms with Gasteiger partial charge in [0, 0.05) is 19.4 Å². The van der Waals surface area contributed by atoms with Crippen LogP contribution in [-0.4, -0.2) is 77.1 Å². The molecule has 0 aromatic heterocycles. The second kappa shape index (κ2) is 16.5. The molecule has 2 aromatic carbocycles. The van der Waals surface area contributed by atoms with E-state index in [1.54, 1.807) is 12.1 Å². The maximum Gasteiger partial charge on any atom is 0.243 e. The number of nitrogens with two attached hydrogens (primary N) is 4. The van der Waals surface area contributed by atoms with Crippen molar-refractivity contribution in [3.05, 3.63) is 65.5 Å². The number of nitrogens with one attached hydrogen (secondary N) is 3. The number of hydrogen-bond acceptors (Lipinski definition) is 8. The number of guanidine groups is 1. The van der Waals surface area contributed by atoms with E-state index in [1.165, 1.54) is 36.4 Å². The highest BCUT2D eigenvalue weighted by atomic mass is 19.1. The molecule has 0 bridgehead atoms. The molecular weight excluding hydrogens is 551 g/mol. The van der Waals surface area contributed by atoms with Gasteiger partial charge in [-0.1, -0.05) is 24.3 Å². The molecule has 2 aromatic rings. The standard InChI is InChI=1S/C27H37FN8O6/c28-17-7-3-15(4-8-17)12-21(26(42)36-22(14-37)23(30)39)35-25(41)20(13-16-5-9-18(38)10-6-16)34-24(40)19(29)2-1-11-33-27(31)32/h3-10,19-22,37-38H,1-2,11-14,29H2,(H2,30,39)(H,34,40)(H,35,41)(H,36,42)(H4,31,32,33)/t19-,20-,21-,22-/m0/s1. The van der Waals surface area contributed by atoms with Crippen LogP contribution in [0.25, 0.3) is 0 Å². The molecular formula is C27H37FN8O6. The lowest BCUT2D eigenvalue weighted by atomic mass is 10.0. The van der Waals surface area contributed by atoms with Gasteiger partial charge in [0.2, 0.25) is 23.6 Å². The smallest absolute Gasteiger partial charge is 0.243 e. The third-order valence-corrected chi connectivity index (χ3v) is 6.14. The monoisotopic (exact) mass is 588 g/mol. The van der Waals surface area contributed by atoms with E-state index in [0.29, 0.717) is 17.5 Å². The van der Waals surface area contributed by atoms with Crippen LogP contribution in [0.1, 0.15) is 24.0 Å². The summed E-state index contributed by atoms with van der Waals surface area (Å²) in [6.07, 6.45) is 0.442. The summed E-state index contributed by atoms with van der Waals surface area (Å²) in [7, 11) is 0. The summed E-state index contributed by atoms with van der Waals surface area (Å²) in [5, 5.41) is 26.5. The van der Waals surface area contributed by atoms with E-state index in [1.807, 2.05) is 0 Å². The Kier molecular flexibility index (Phi) is 13.1. The Morgan fingerprint density at radius 1 is 0.786 bits per heavy atom. The molecule has 0 spiro atoms. The molecule has 42 heavy (non-hydrogen) atoms. The normalized spacial score (nSPS) is 13.6. The average molecular weight is 589 g/mol. The number of nitrogens with zero attached hydrogens (tertiary/aromatic N) is 1. The van der Waals surface area contributed by atoms with E-state index in [4.69, 9.17) is 22.9 Å². The fraction of sp³-hybridized carbons (Fsp3) is 0.370. The number of amides is 4. The molecule has 14 nitrogen and oxygen atoms in total. The number of aliphatic imine (C=N–C) groups is 1. The van der Waals surface area contributed by atoms with Crippen molar-refractivity contribution in [1.82, 2.24) is 16.0 Å². The molecule has 0 unspecified atom stereocenters. The summed E-state index contributed by atoms with van der Waals surface area (Å²) in [4.78, 5) is 54.9. The van der Waals surface area contributed by atoms with Crippen LogP contribution in [0.15, 0.2) is 53.5 Å². The first kappa shape index (κ1) is 33.4. The zero-order valence-corrected chi connectivity index (χ0v) is 22.8. The zero-order valence-electron chi connectivity index (χ0n) is 22.8. The van der Waals surface area contributed by atoms with Crippen molar-refractivity contribution in [3.8, 4) is 5.75 Å². The van der Waals surface area contributed by atoms with E-state index >= 15 is 0 Å². The van der Waals surface area contributed by atoms with Crippen molar-refractivity contribution in [2.75, 3.05) is 13.2 Å². The first-order valence-corrected chi connectivity index (χ1v) is 13.0. The quantitative estimate of drug-likeness (QED) is 0.0575. The van der Waals surface area contributed by atoms with E-state index in [0.717, 1.165) is 0 Å². The minimum absolute atomic E-state index is 0.00416. The van der Waals surface area contributed by atoms with Crippen molar-refractivity contribution in [3.63, 3.8) is 0 Å². The summed E-state index contributed by atoms with van der Waals surface area (Å²) in [6.45, 7) is -0.528. The number of rotatable bonds is 16. The number of aliphatic hydroxyl groups is 1. The minimum Gasteiger partial charge on any atom is -0.508 e. The summed E-state index contributed by atoms with van der Waals surface area (Å²) in [5.41, 5.74) is 22.9. The van der Waals surface area contributed by atoms with E-state index < -0.39 is 60.2 Å². The maximum atomic E-state index is 13.5. The molecule has 0 radical (unpaired) electrons. The molecule has 0 aliphatic carbocycles. The summed E-state index contributed by atoms with van der Waals surface area (Å²) < 4.78 is 13.4. The van der Waals surface area contributed by atoms with Crippen LogP contribution in [0.5, 0.6) is 5.75 Å². The van der Waals surface area contributed by atoms with Gasteiger partial charge in [0.15, 0.2) is 5.96 Å². The summed E-state index contributed by atoms with van der Waals surface area (Å²) in [6, 6.07) is 6.13. The minimum atomic E-state index is -1.42. The number of aromatic hydroxyl groups is 1. The van der Waals surface area contributed by atoms with Crippen molar-refractivity contribution < 1.29 is 33.8 Å². The number of phenolic OH excluding ortho intramolecular Hbond substituents is 1. The van der Waals surface area contributed by atoms with Crippen LogP contribution in [0.2, 0.25) is 0 Å². The van der Waals surface area contributed by atoms with Crippen molar-refractivity contribution in [2.45, 2.75) is 49.9 Å². The lowest BCUT2D eigenvalue weighted by Crippen LogP contribution is -2.59. The molecule has 0 aliphatic rings. The molecule has 0 fully saturated rings. The van der Waals surface area contributed by atoms with Gasteiger partial charge in [-0.2, -0.15) is 0 Å². The van der Waals surface area contributed by atoms with E-state index in [9.17, 15) is 33.8 Å². The summed E-state index contributed by atoms with van der Waals surface area (Å²) >= 11 is 0. The second-order valence-corrected chi connectivity index (χ2v) is 9.52. The number of carbonyl (C=O) groups is 4. The molecule has 0 saturated heterocycles. The fourth-order valence-electron chi connectivity index (χ4n) is 3.82. The number of aliphatic hydroxyl groups excluding tert-OH is 1. The molecule has 0 saturated carbocycles. The number of carbonyl (C=O) groups excluding carboxylic acids is 4. The number of phenols is 1. The number of primary amides is 1. The Hall–Kier alpha value is -4.76. The van der Waals surface area contributed by atoms with E-state index in [-0.39, 0.29) is 37.5 Å². The Morgan fingerprint density at radius 3 is 1.74 bits per heavy atom. The van der Waals surface area contributed by atoms with Crippen molar-refractivity contribution in [1.29, 1.82) is 0 Å². The molecule has 13 N–H and O–H groups in total. The highest BCUT2D eigenvalue weighted by Gasteiger charge is 2.30. The highest BCUT2D eigenvalue weighted by molar-refractivity contribution is 5.94. The molecule has 4 amide bonds. The number of hydrogen-bond donors (Lipinski definition) is 9. The van der Waals surface area contributed by atoms with Gasteiger partial charge in [-0.05, 0) is 48.2 Å². The Bertz CT molecular complexity index is 1240. The fourth-order valence-corrected chi connectivity index (χ4v) is 3.82. The molecule has 228 valence electrons. The van der Waals surface area contributed by atoms with Crippen LogP contribution in [0, 0.1) is 5.82 Å². The number of benzene rings is 2. The molecule has 0 aliphatic heterocycles. The van der Waals surface area contributed by atoms with Gasteiger partial charge >= 0.3 is 0 Å². The topological polar surface area (TPSA) is 261 Å². The second-order valence-electron chi connectivity index (χ2n) is 9.52. The SMILES string of the molecule is NC(=O)[C@H](CO)NC(=O)[C@H](Cc1ccc(F)cc1)NC(=O)[C@H](Cc1ccc(O)cc1)NC(=O)[C@@H](N)CCCN=C(N)N. The van der Waals surface area contributed by atoms with Gasteiger partial charge < -0.3 is 49.1 Å². The van der Waals surface area contributed by atoms with Crippen LogP contribution in [0.4, 0.5) is 4.39 Å². The molecule has 15 heteroatoms. The maximum absolute atomic E-state index is 13.5. The molecule has 0 heterocycles. The van der Waals surface area contributed by atoms with Crippen LogP contribution in [0.3, 0.4) is 0 Å². The Morgan fingerprint density at radius 2 is 1.26 bits per heavy atom. The lowest BCUT2D eigenvalue weighted by molar-refractivity contribution is -0.133. The third-order valence-electron chi connectivity index (χ3n) is 6.14. The predicted octanol–water partition coefficient (Wildman–Crippen LogP) is -2.37. The van der Waals surface area contributed by atoms with Gasteiger partial charge in [0.05, 0.1) is 12.6 Å². The van der Waals surface area contributed by atoms with Gasteiger partial charge in [-0.25, -0.2) is 4.39 Å². The first-order chi connectivity index (χ1) is 19.9. The highest BCUT2D eigenvalue weighted by Crippen LogP contribution is 2.13. The van der Waals surface area contributed by atoms with Crippen LogP contribution >= 0.6 is 0 Å². The van der Waals surface area contributed by atoms with Crippen LogP contribution < -0.4 is 38.9 Å². The lowest BCUT2D eigenvalue weighted by Gasteiger charge is -2.25. The van der Waals surface area contributed by atoms with Crippen LogP contribution in [-0.2, 0) is 32.0 Å².